The van der Waals surface area contributed by atoms with E-state index in [0.29, 0.717) is 6.04 Å². The normalized spacial score (nSPS) is 17.3. The third-order valence-corrected chi connectivity index (χ3v) is 5.25. The van der Waals surface area contributed by atoms with Gasteiger partial charge in [0.15, 0.2) is 0 Å². The summed E-state index contributed by atoms with van der Waals surface area (Å²) in [5, 5.41) is 3.66. The van der Waals surface area contributed by atoms with Crippen LogP contribution in [0.4, 0.5) is 0 Å². The third kappa shape index (κ3) is 5.47. The summed E-state index contributed by atoms with van der Waals surface area (Å²) in [6, 6.07) is 17.7. The van der Waals surface area contributed by atoms with Crippen LogP contribution in [0.2, 0.25) is 0 Å². The van der Waals surface area contributed by atoms with Crippen molar-refractivity contribution in [2.45, 2.75) is 31.7 Å². The molecule has 1 heterocycles. The first-order chi connectivity index (χ1) is 12.8. The van der Waals surface area contributed by atoms with E-state index in [2.05, 4.69) is 5.32 Å². The van der Waals surface area contributed by atoms with Gasteiger partial charge >= 0.3 is 0 Å². The van der Waals surface area contributed by atoms with Crippen molar-refractivity contribution in [1.82, 2.24) is 10.2 Å². The van der Waals surface area contributed by atoms with Crippen molar-refractivity contribution in [3.05, 3.63) is 60.2 Å². The molecule has 0 spiro atoms. The number of ether oxygens (including phenoxy) is 1. The first-order valence-corrected chi connectivity index (χ1v) is 9.63. The van der Waals surface area contributed by atoms with Crippen LogP contribution in [0.25, 0.3) is 0 Å². The second-order valence-electron chi connectivity index (χ2n) is 7.36. The van der Waals surface area contributed by atoms with Gasteiger partial charge in [0.1, 0.15) is 11.5 Å². The monoisotopic (exact) mass is 386 g/mol. The second kappa shape index (κ2) is 9.25. The number of hydrogen-bond donors (Lipinski definition) is 1. The quantitative estimate of drug-likeness (QED) is 0.794. The zero-order chi connectivity index (χ0) is 17.8. The second-order valence-corrected chi connectivity index (χ2v) is 7.36. The molecule has 5 heteroatoms. The fourth-order valence-corrected chi connectivity index (χ4v) is 3.41. The molecule has 1 N–H and O–H groups in total. The van der Waals surface area contributed by atoms with Gasteiger partial charge < -0.3 is 15.0 Å². The molecular weight excluding hydrogens is 360 g/mol. The molecule has 1 saturated carbocycles. The van der Waals surface area contributed by atoms with E-state index in [-0.39, 0.29) is 18.3 Å². The molecule has 1 aliphatic carbocycles. The Bertz CT molecular complexity index is 724. The van der Waals surface area contributed by atoms with Gasteiger partial charge in [-0.2, -0.15) is 0 Å². The summed E-state index contributed by atoms with van der Waals surface area (Å²) in [5.41, 5.74) is 0.731. The Morgan fingerprint density at radius 2 is 1.56 bits per heavy atom. The Morgan fingerprint density at radius 1 is 0.926 bits per heavy atom. The predicted octanol–water partition coefficient (Wildman–Crippen LogP) is 4.50. The molecule has 1 saturated heterocycles. The van der Waals surface area contributed by atoms with E-state index in [4.69, 9.17) is 4.74 Å². The number of nitrogens with zero attached hydrogens (tertiary/aromatic N) is 1. The molecule has 4 rings (SSSR count). The van der Waals surface area contributed by atoms with Crippen molar-refractivity contribution in [1.29, 1.82) is 0 Å². The molecule has 144 valence electrons. The molecule has 1 aliphatic heterocycles. The number of carbonyl (C=O) groups excluding carboxylic acids is 1. The molecule has 2 aromatic rings. The summed E-state index contributed by atoms with van der Waals surface area (Å²) in [4.78, 5) is 14.7. The number of piperidine rings is 1. The number of likely N-dealkylation sites (tertiary alicyclic amines) is 1. The molecule has 2 fully saturated rings. The van der Waals surface area contributed by atoms with Crippen LogP contribution in [0.5, 0.6) is 11.5 Å². The molecule has 0 bridgehead atoms. The van der Waals surface area contributed by atoms with Crippen molar-refractivity contribution in [2.24, 2.45) is 5.92 Å². The summed E-state index contributed by atoms with van der Waals surface area (Å²) in [6.45, 7) is 2.83. The minimum absolute atomic E-state index is 0. The average Bonchev–Trinajstić information content (AvgIpc) is 3.52. The van der Waals surface area contributed by atoms with Gasteiger partial charge in [-0.05, 0) is 74.5 Å². The van der Waals surface area contributed by atoms with E-state index in [1.165, 1.54) is 12.8 Å². The molecule has 2 aliphatic rings. The van der Waals surface area contributed by atoms with Crippen LogP contribution >= 0.6 is 12.4 Å². The van der Waals surface area contributed by atoms with Gasteiger partial charge in [0, 0.05) is 24.7 Å². The van der Waals surface area contributed by atoms with Crippen molar-refractivity contribution < 1.29 is 9.53 Å². The largest absolute Gasteiger partial charge is 0.457 e. The Balaban J connectivity index is 0.00000210. The maximum absolute atomic E-state index is 12.7. The summed E-state index contributed by atoms with van der Waals surface area (Å²) in [7, 11) is 0. The van der Waals surface area contributed by atoms with Crippen LogP contribution in [0, 0.1) is 5.92 Å². The van der Waals surface area contributed by atoms with Gasteiger partial charge in [-0.3, -0.25) is 4.79 Å². The van der Waals surface area contributed by atoms with E-state index in [9.17, 15) is 4.79 Å². The van der Waals surface area contributed by atoms with Gasteiger partial charge in [-0.15, -0.1) is 12.4 Å². The fourth-order valence-electron chi connectivity index (χ4n) is 3.41. The molecule has 2 aromatic carbocycles. The van der Waals surface area contributed by atoms with Crippen LogP contribution in [0.3, 0.4) is 0 Å². The van der Waals surface area contributed by atoms with Crippen LogP contribution < -0.4 is 10.1 Å². The van der Waals surface area contributed by atoms with Crippen molar-refractivity contribution in [2.75, 3.05) is 19.6 Å². The minimum Gasteiger partial charge on any atom is -0.457 e. The molecule has 0 radical (unpaired) electrons. The molecule has 27 heavy (non-hydrogen) atoms. The zero-order valence-electron chi connectivity index (χ0n) is 15.5. The highest BCUT2D eigenvalue weighted by Gasteiger charge is 2.26. The maximum Gasteiger partial charge on any atom is 0.253 e. The molecule has 0 atom stereocenters. The van der Waals surface area contributed by atoms with Gasteiger partial charge in [0.2, 0.25) is 0 Å². The summed E-state index contributed by atoms with van der Waals surface area (Å²) >= 11 is 0. The highest BCUT2D eigenvalue weighted by Crippen LogP contribution is 2.28. The Kier molecular flexibility index (Phi) is 6.75. The number of amides is 1. The number of nitrogens with one attached hydrogen (secondary N) is 1. The number of hydrogen-bond acceptors (Lipinski definition) is 3. The highest BCUT2D eigenvalue weighted by molar-refractivity contribution is 5.94. The van der Waals surface area contributed by atoms with E-state index in [1.807, 2.05) is 59.5 Å². The van der Waals surface area contributed by atoms with Gasteiger partial charge in [-0.25, -0.2) is 0 Å². The number of halogens is 1. The van der Waals surface area contributed by atoms with Gasteiger partial charge in [0.25, 0.3) is 5.91 Å². The molecule has 0 aromatic heterocycles. The van der Waals surface area contributed by atoms with Crippen molar-refractivity contribution in [3.8, 4) is 11.5 Å². The lowest BCUT2D eigenvalue weighted by Crippen LogP contribution is -2.45. The topological polar surface area (TPSA) is 41.6 Å². The lowest BCUT2D eigenvalue weighted by Gasteiger charge is -2.32. The standard InChI is InChI=1S/C22H26N2O2.ClH/c25-22(24-14-12-19(13-15-24)23-16-17-6-7-17)18-8-10-21(11-9-18)26-20-4-2-1-3-5-20;/h1-5,8-11,17,19,23H,6-7,12-16H2;1H. The lowest BCUT2D eigenvalue weighted by molar-refractivity contribution is 0.0705. The molecule has 0 unspecified atom stereocenters. The first-order valence-electron chi connectivity index (χ1n) is 9.63. The Morgan fingerprint density at radius 3 is 2.19 bits per heavy atom. The summed E-state index contributed by atoms with van der Waals surface area (Å²) in [6.07, 6.45) is 4.87. The lowest BCUT2D eigenvalue weighted by atomic mass is 10.0. The SMILES string of the molecule is Cl.O=C(c1ccc(Oc2ccccc2)cc1)N1CCC(NCC2CC2)CC1. The number of carbonyl (C=O) groups is 1. The van der Waals surface area contributed by atoms with Crippen molar-refractivity contribution in [3.63, 3.8) is 0 Å². The van der Waals surface area contributed by atoms with E-state index in [0.717, 1.165) is 55.5 Å². The summed E-state index contributed by atoms with van der Waals surface area (Å²) < 4.78 is 5.79. The predicted molar refractivity (Wildman–Crippen MR) is 110 cm³/mol. The minimum atomic E-state index is 0. The Labute approximate surface area is 167 Å². The smallest absolute Gasteiger partial charge is 0.253 e. The number of rotatable bonds is 6. The number of para-hydroxylation sites is 1. The van der Waals surface area contributed by atoms with Crippen LogP contribution in [-0.4, -0.2) is 36.5 Å². The van der Waals surface area contributed by atoms with Crippen LogP contribution in [0.15, 0.2) is 54.6 Å². The maximum atomic E-state index is 12.7. The van der Waals surface area contributed by atoms with Crippen molar-refractivity contribution >= 4 is 18.3 Å². The zero-order valence-corrected chi connectivity index (χ0v) is 16.3. The van der Waals surface area contributed by atoms with Gasteiger partial charge in [-0.1, -0.05) is 18.2 Å². The third-order valence-electron chi connectivity index (χ3n) is 5.25. The first kappa shape index (κ1) is 19.7. The van der Waals surface area contributed by atoms with E-state index < -0.39 is 0 Å². The van der Waals surface area contributed by atoms with Crippen LogP contribution in [0.1, 0.15) is 36.0 Å². The van der Waals surface area contributed by atoms with Crippen LogP contribution in [-0.2, 0) is 0 Å². The van der Waals surface area contributed by atoms with Gasteiger partial charge in [0.05, 0.1) is 0 Å². The molecule has 1 amide bonds. The Hall–Kier alpha value is -2.04. The molecular formula is C22H27ClN2O2. The number of benzene rings is 2. The average molecular weight is 387 g/mol. The van der Waals surface area contributed by atoms with E-state index >= 15 is 0 Å². The molecule has 4 nitrogen and oxygen atoms in total. The van der Waals surface area contributed by atoms with E-state index in [1.54, 1.807) is 0 Å². The highest BCUT2D eigenvalue weighted by atomic mass is 35.5. The summed E-state index contributed by atoms with van der Waals surface area (Å²) in [5.74, 6) is 2.58. The fraction of sp³-hybridized carbons (Fsp3) is 0.409.